The first-order valence-electron chi connectivity index (χ1n) is 7.83. The molecule has 6 nitrogen and oxygen atoms in total. The summed E-state index contributed by atoms with van der Waals surface area (Å²) in [5.41, 5.74) is 1.59. The van der Waals surface area contributed by atoms with Crippen LogP contribution in [0.2, 0.25) is 0 Å². The lowest BCUT2D eigenvalue weighted by molar-refractivity contribution is 0.102. The Morgan fingerprint density at radius 2 is 1.85 bits per heavy atom. The summed E-state index contributed by atoms with van der Waals surface area (Å²) in [6.07, 6.45) is 2.16. The van der Waals surface area contributed by atoms with Gasteiger partial charge in [0.1, 0.15) is 6.29 Å². The lowest BCUT2D eigenvalue weighted by Crippen LogP contribution is -2.12. The van der Waals surface area contributed by atoms with Crippen molar-refractivity contribution in [1.82, 2.24) is 4.98 Å². The predicted octanol–water partition coefficient (Wildman–Crippen LogP) is 3.95. The van der Waals surface area contributed by atoms with E-state index in [1.807, 2.05) is 18.2 Å². The minimum absolute atomic E-state index is 0.261. The standard InChI is InChI=1S/C20H16N2O4/c1-25-18-11-14(13-23)7-9-17(18)26-19-10-8-15(12-21-19)20(24)22-16-5-3-2-4-6-16/h2-13H,1H3,(H,22,24). The summed E-state index contributed by atoms with van der Waals surface area (Å²) in [5.74, 6) is 0.885. The molecule has 0 aliphatic carbocycles. The van der Waals surface area contributed by atoms with Crippen LogP contribution in [0.4, 0.5) is 5.69 Å². The fourth-order valence-electron chi connectivity index (χ4n) is 2.25. The van der Waals surface area contributed by atoms with Crippen molar-refractivity contribution < 1.29 is 19.1 Å². The summed E-state index contributed by atoms with van der Waals surface area (Å²) in [6.45, 7) is 0. The molecule has 0 aliphatic heterocycles. The lowest BCUT2D eigenvalue weighted by atomic mass is 10.2. The quantitative estimate of drug-likeness (QED) is 0.683. The molecule has 26 heavy (non-hydrogen) atoms. The Labute approximate surface area is 150 Å². The Kier molecular flexibility index (Phi) is 5.24. The molecule has 0 saturated heterocycles. The lowest BCUT2D eigenvalue weighted by Gasteiger charge is -2.10. The second-order valence-electron chi connectivity index (χ2n) is 5.34. The number of amides is 1. The third-order valence-corrected chi connectivity index (χ3v) is 3.57. The molecule has 1 amide bonds. The molecular weight excluding hydrogens is 332 g/mol. The van der Waals surface area contributed by atoms with E-state index >= 15 is 0 Å². The number of aromatic nitrogens is 1. The van der Waals surface area contributed by atoms with Crippen LogP contribution < -0.4 is 14.8 Å². The molecule has 2 aromatic carbocycles. The first-order valence-corrected chi connectivity index (χ1v) is 7.83. The van der Waals surface area contributed by atoms with E-state index in [1.54, 1.807) is 42.5 Å². The Bertz CT molecular complexity index is 909. The molecule has 0 saturated carbocycles. The Balaban J connectivity index is 1.72. The van der Waals surface area contributed by atoms with Crippen LogP contribution in [0.1, 0.15) is 20.7 Å². The number of hydrogen-bond donors (Lipinski definition) is 1. The van der Waals surface area contributed by atoms with Gasteiger partial charge >= 0.3 is 0 Å². The van der Waals surface area contributed by atoms with Crippen LogP contribution in [0.15, 0.2) is 66.9 Å². The van der Waals surface area contributed by atoms with Crippen molar-refractivity contribution in [2.75, 3.05) is 12.4 Å². The van der Waals surface area contributed by atoms with Gasteiger partial charge in [-0.3, -0.25) is 9.59 Å². The first-order chi connectivity index (χ1) is 12.7. The molecule has 3 rings (SSSR count). The van der Waals surface area contributed by atoms with Crippen molar-refractivity contribution >= 4 is 17.9 Å². The first kappa shape index (κ1) is 17.2. The third-order valence-electron chi connectivity index (χ3n) is 3.57. The molecule has 0 aliphatic rings. The number of rotatable bonds is 6. The number of nitrogens with one attached hydrogen (secondary N) is 1. The molecule has 3 aromatic rings. The van der Waals surface area contributed by atoms with Gasteiger partial charge in [0.2, 0.25) is 5.88 Å². The van der Waals surface area contributed by atoms with Crippen molar-refractivity contribution in [3.63, 3.8) is 0 Å². The maximum absolute atomic E-state index is 12.2. The smallest absolute Gasteiger partial charge is 0.257 e. The van der Waals surface area contributed by atoms with E-state index in [-0.39, 0.29) is 5.91 Å². The van der Waals surface area contributed by atoms with E-state index in [1.165, 1.54) is 13.3 Å². The zero-order valence-electron chi connectivity index (χ0n) is 14.0. The van der Waals surface area contributed by atoms with Crippen molar-refractivity contribution in [2.45, 2.75) is 0 Å². The highest BCUT2D eigenvalue weighted by Crippen LogP contribution is 2.31. The molecule has 1 aromatic heterocycles. The Hall–Kier alpha value is -3.67. The Morgan fingerprint density at radius 3 is 2.50 bits per heavy atom. The third kappa shape index (κ3) is 4.05. The van der Waals surface area contributed by atoms with Gasteiger partial charge in [0.15, 0.2) is 11.5 Å². The van der Waals surface area contributed by atoms with Crippen LogP contribution in [-0.4, -0.2) is 24.3 Å². The van der Waals surface area contributed by atoms with E-state index in [0.717, 1.165) is 6.29 Å². The SMILES string of the molecule is COc1cc(C=O)ccc1Oc1ccc(C(=O)Nc2ccccc2)cn1. The van der Waals surface area contributed by atoms with Gasteiger partial charge in [-0.1, -0.05) is 18.2 Å². The second-order valence-corrected chi connectivity index (χ2v) is 5.34. The molecular formula is C20H16N2O4. The maximum Gasteiger partial charge on any atom is 0.257 e. The molecule has 130 valence electrons. The molecule has 6 heteroatoms. The van der Waals surface area contributed by atoms with Gasteiger partial charge in [-0.05, 0) is 36.4 Å². The van der Waals surface area contributed by atoms with Crippen molar-refractivity contribution in [1.29, 1.82) is 0 Å². The Morgan fingerprint density at radius 1 is 1.04 bits per heavy atom. The highest BCUT2D eigenvalue weighted by atomic mass is 16.5. The number of ether oxygens (including phenoxy) is 2. The zero-order chi connectivity index (χ0) is 18.4. The van der Waals surface area contributed by atoms with Gasteiger partial charge in [0.05, 0.1) is 12.7 Å². The number of aldehydes is 1. The van der Waals surface area contributed by atoms with Gasteiger partial charge in [-0.25, -0.2) is 4.98 Å². The highest BCUT2D eigenvalue weighted by Gasteiger charge is 2.10. The zero-order valence-corrected chi connectivity index (χ0v) is 14.0. The number of benzene rings is 2. The fraction of sp³-hybridized carbons (Fsp3) is 0.0500. The van der Waals surface area contributed by atoms with E-state index in [2.05, 4.69) is 10.3 Å². The molecule has 0 spiro atoms. The summed E-state index contributed by atoms with van der Waals surface area (Å²) < 4.78 is 10.9. The van der Waals surface area contributed by atoms with Gasteiger partial charge < -0.3 is 14.8 Å². The van der Waals surface area contributed by atoms with Crippen molar-refractivity contribution in [3.8, 4) is 17.4 Å². The van der Waals surface area contributed by atoms with Crippen LogP contribution in [0, 0.1) is 0 Å². The second kappa shape index (κ2) is 7.94. The number of hydrogen-bond acceptors (Lipinski definition) is 5. The predicted molar refractivity (Wildman–Crippen MR) is 97.1 cm³/mol. The number of para-hydroxylation sites is 1. The summed E-state index contributed by atoms with van der Waals surface area (Å²) in [6, 6.07) is 17.2. The van der Waals surface area contributed by atoms with Gasteiger partial charge in [0.25, 0.3) is 5.91 Å². The number of nitrogens with zero attached hydrogens (tertiary/aromatic N) is 1. The average Bonchev–Trinajstić information content (AvgIpc) is 2.69. The molecule has 0 radical (unpaired) electrons. The van der Waals surface area contributed by atoms with Gasteiger partial charge in [-0.15, -0.1) is 0 Å². The number of carbonyl (C=O) groups is 2. The van der Waals surface area contributed by atoms with E-state index in [4.69, 9.17) is 9.47 Å². The summed E-state index contributed by atoms with van der Waals surface area (Å²) >= 11 is 0. The van der Waals surface area contributed by atoms with Crippen molar-refractivity contribution in [2.24, 2.45) is 0 Å². The molecule has 0 unspecified atom stereocenters. The minimum atomic E-state index is -0.261. The maximum atomic E-state index is 12.2. The van der Waals surface area contributed by atoms with Crippen LogP contribution in [0.5, 0.6) is 17.4 Å². The normalized spacial score (nSPS) is 10.0. The summed E-state index contributed by atoms with van der Waals surface area (Å²) in [4.78, 5) is 27.2. The summed E-state index contributed by atoms with van der Waals surface area (Å²) in [7, 11) is 1.49. The molecule has 0 bridgehead atoms. The highest BCUT2D eigenvalue weighted by molar-refractivity contribution is 6.04. The topological polar surface area (TPSA) is 77.5 Å². The number of carbonyl (C=O) groups excluding carboxylic acids is 2. The van der Waals surface area contributed by atoms with Crippen LogP contribution in [0.25, 0.3) is 0 Å². The minimum Gasteiger partial charge on any atom is -0.493 e. The molecule has 0 atom stereocenters. The average molecular weight is 348 g/mol. The molecule has 1 heterocycles. The van der Waals surface area contributed by atoms with E-state index in [9.17, 15) is 9.59 Å². The number of anilines is 1. The van der Waals surface area contributed by atoms with E-state index in [0.29, 0.717) is 34.2 Å². The fourth-order valence-corrected chi connectivity index (χ4v) is 2.25. The summed E-state index contributed by atoms with van der Waals surface area (Å²) in [5, 5.41) is 2.79. The van der Waals surface area contributed by atoms with Gasteiger partial charge in [-0.2, -0.15) is 0 Å². The van der Waals surface area contributed by atoms with Gasteiger partial charge in [0, 0.05) is 23.5 Å². The largest absolute Gasteiger partial charge is 0.493 e. The van der Waals surface area contributed by atoms with Crippen LogP contribution in [-0.2, 0) is 0 Å². The monoisotopic (exact) mass is 348 g/mol. The van der Waals surface area contributed by atoms with Crippen LogP contribution >= 0.6 is 0 Å². The number of pyridine rings is 1. The van der Waals surface area contributed by atoms with Crippen LogP contribution in [0.3, 0.4) is 0 Å². The van der Waals surface area contributed by atoms with E-state index < -0.39 is 0 Å². The van der Waals surface area contributed by atoms with Crippen molar-refractivity contribution in [3.05, 3.63) is 78.0 Å². The number of methoxy groups -OCH3 is 1. The molecule has 0 fully saturated rings. The molecule has 1 N–H and O–H groups in total.